The minimum absolute atomic E-state index is 0.0828. The normalized spacial score (nSPS) is 21.0. The van der Waals surface area contributed by atoms with Crippen LogP contribution in [0.5, 0.6) is 0 Å². The van der Waals surface area contributed by atoms with Crippen molar-refractivity contribution in [3.8, 4) is 0 Å². The van der Waals surface area contributed by atoms with E-state index in [2.05, 4.69) is 20.6 Å². The molecule has 1 fully saturated rings. The van der Waals surface area contributed by atoms with E-state index in [1.54, 1.807) is 11.7 Å². The van der Waals surface area contributed by atoms with E-state index in [-0.39, 0.29) is 23.6 Å². The summed E-state index contributed by atoms with van der Waals surface area (Å²) >= 11 is 0. The standard InChI is InChI=1S/C16H24N6O2/c1-10-9-21(2)20-14(10)15(23)17-12-7-5-4-6-11(12)8-13-18-19-16(24)22(13)3/h9,11-12H,4-8H2,1-3H3,(H,17,23)(H,19,24)/t11-,12-/m1/s1. The third kappa shape index (κ3) is 3.27. The van der Waals surface area contributed by atoms with E-state index >= 15 is 0 Å². The summed E-state index contributed by atoms with van der Waals surface area (Å²) in [6.07, 6.45) is 6.72. The van der Waals surface area contributed by atoms with E-state index in [1.165, 1.54) is 4.57 Å². The third-order valence-corrected chi connectivity index (χ3v) is 4.87. The Labute approximate surface area is 140 Å². The highest BCUT2D eigenvalue weighted by molar-refractivity contribution is 5.93. The predicted octanol–water partition coefficient (Wildman–Crippen LogP) is 0.682. The quantitative estimate of drug-likeness (QED) is 0.860. The average Bonchev–Trinajstić information content (AvgIpc) is 3.05. The van der Waals surface area contributed by atoms with E-state index in [1.807, 2.05) is 20.2 Å². The first-order chi connectivity index (χ1) is 11.5. The highest BCUT2D eigenvalue weighted by atomic mass is 16.2. The Kier molecular flexibility index (Phi) is 4.55. The first-order valence-electron chi connectivity index (χ1n) is 8.37. The maximum Gasteiger partial charge on any atom is 0.343 e. The lowest BCUT2D eigenvalue weighted by Gasteiger charge is -2.31. The molecule has 1 saturated carbocycles. The number of amides is 1. The summed E-state index contributed by atoms with van der Waals surface area (Å²) in [7, 11) is 3.53. The van der Waals surface area contributed by atoms with Crippen molar-refractivity contribution < 1.29 is 4.79 Å². The highest BCUT2D eigenvalue weighted by Crippen LogP contribution is 2.27. The van der Waals surface area contributed by atoms with Crippen LogP contribution < -0.4 is 11.0 Å². The van der Waals surface area contributed by atoms with Crippen LogP contribution in [0.3, 0.4) is 0 Å². The molecule has 0 aliphatic heterocycles. The van der Waals surface area contributed by atoms with Gasteiger partial charge in [-0.2, -0.15) is 10.2 Å². The number of H-pyrrole nitrogens is 1. The molecule has 2 aromatic rings. The molecule has 2 atom stereocenters. The predicted molar refractivity (Wildman–Crippen MR) is 88.7 cm³/mol. The molecule has 1 aliphatic carbocycles. The second-order valence-corrected chi connectivity index (χ2v) is 6.67. The summed E-state index contributed by atoms with van der Waals surface area (Å²) in [5.74, 6) is 0.890. The summed E-state index contributed by atoms with van der Waals surface area (Å²) in [5, 5.41) is 14.0. The SMILES string of the molecule is Cc1cn(C)nc1C(=O)N[C@@H]1CCCC[C@@H]1Cc1n[nH]c(=O)n1C. The van der Waals surface area contributed by atoms with Gasteiger partial charge in [-0.3, -0.25) is 14.0 Å². The van der Waals surface area contributed by atoms with Gasteiger partial charge in [-0.05, 0) is 25.7 Å². The van der Waals surface area contributed by atoms with E-state index in [4.69, 9.17) is 0 Å². The summed E-state index contributed by atoms with van der Waals surface area (Å²) in [6.45, 7) is 1.89. The zero-order chi connectivity index (χ0) is 17.3. The fourth-order valence-corrected chi connectivity index (χ4v) is 3.51. The summed E-state index contributed by atoms with van der Waals surface area (Å²) in [5.41, 5.74) is 1.15. The average molecular weight is 332 g/mol. The first-order valence-corrected chi connectivity index (χ1v) is 8.37. The minimum Gasteiger partial charge on any atom is -0.348 e. The lowest BCUT2D eigenvalue weighted by molar-refractivity contribution is 0.0898. The van der Waals surface area contributed by atoms with Gasteiger partial charge in [0.25, 0.3) is 5.91 Å². The molecule has 130 valence electrons. The van der Waals surface area contributed by atoms with Crippen molar-refractivity contribution in [2.24, 2.45) is 20.0 Å². The van der Waals surface area contributed by atoms with Crippen molar-refractivity contribution in [1.29, 1.82) is 0 Å². The first kappa shape index (κ1) is 16.5. The van der Waals surface area contributed by atoms with Crippen LogP contribution >= 0.6 is 0 Å². The van der Waals surface area contributed by atoms with Gasteiger partial charge in [-0.15, -0.1) is 0 Å². The maximum absolute atomic E-state index is 12.6. The van der Waals surface area contributed by atoms with E-state index in [0.29, 0.717) is 12.1 Å². The molecule has 8 heteroatoms. The lowest BCUT2D eigenvalue weighted by atomic mass is 9.82. The Morgan fingerprint density at radius 2 is 2.12 bits per heavy atom. The molecule has 2 aromatic heterocycles. The molecule has 2 heterocycles. The fraction of sp³-hybridized carbons (Fsp3) is 0.625. The number of carbonyl (C=O) groups is 1. The van der Waals surface area contributed by atoms with Crippen LogP contribution in [-0.2, 0) is 20.5 Å². The molecule has 3 rings (SSSR count). The number of aryl methyl sites for hydroxylation is 2. The molecule has 8 nitrogen and oxygen atoms in total. The van der Waals surface area contributed by atoms with Gasteiger partial charge in [-0.1, -0.05) is 12.8 Å². The van der Waals surface area contributed by atoms with Gasteiger partial charge >= 0.3 is 5.69 Å². The van der Waals surface area contributed by atoms with Crippen LogP contribution in [0.1, 0.15) is 47.6 Å². The van der Waals surface area contributed by atoms with Gasteiger partial charge in [0.05, 0.1) is 0 Å². The number of hydrogen-bond acceptors (Lipinski definition) is 4. The topological polar surface area (TPSA) is 97.6 Å². The summed E-state index contributed by atoms with van der Waals surface area (Å²) in [4.78, 5) is 24.1. The Hall–Kier alpha value is -2.38. The van der Waals surface area contributed by atoms with E-state index in [9.17, 15) is 9.59 Å². The second-order valence-electron chi connectivity index (χ2n) is 6.67. The van der Waals surface area contributed by atoms with E-state index in [0.717, 1.165) is 37.1 Å². The van der Waals surface area contributed by atoms with Crippen molar-refractivity contribution in [3.63, 3.8) is 0 Å². The van der Waals surface area contributed by atoms with Gasteiger partial charge in [0, 0.05) is 38.3 Å². The second kappa shape index (κ2) is 6.62. The Balaban J connectivity index is 1.72. The van der Waals surface area contributed by atoms with Crippen LogP contribution in [0.15, 0.2) is 11.0 Å². The number of aromatic amines is 1. The molecule has 0 spiro atoms. The van der Waals surface area contributed by atoms with Crippen molar-refractivity contribution in [2.75, 3.05) is 0 Å². The molecule has 0 aromatic carbocycles. The Bertz CT molecular complexity index is 787. The van der Waals surface area contributed by atoms with Crippen molar-refractivity contribution in [1.82, 2.24) is 29.9 Å². The molecule has 24 heavy (non-hydrogen) atoms. The molecule has 1 amide bonds. The number of carbonyl (C=O) groups excluding carboxylic acids is 1. The number of rotatable bonds is 4. The third-order valence-electron chi connectivity index (χ3n) is 4.87. The molecule has 2 N–H and O–H groups in total. The van der Waals surface area contributed by atoms with Crippen molar-refractivity contribution in [2.45, 2.75) is 45.1 Å². The largest absolute Gasteiger partial charge is 0.348 e. The molecule has 0 unspecified atom stereocenters. The van der Waals surface area contributed by atoms with Crippen LogP contribution in [0.4, 0.5) is 0 Å². The number of nitrogens with zero attached hydrogens (tertiary/aromatic N) is 4. The van der Waals surface area contributed by atoms with Crippen molar-refractivity contribution in [3.05, 3.63) is 33.8 Å². The van der Waals surface area contributed by atoms with Gasteiger partial charge < -0.3 is 5.32 Å². The van der Waals surface area contributed by atoms with Crippen LogP contribution in [0.2, 0.25) is 0 Å². The highest BCUT2D eigenvalue weighted by Gasteiger charge is 2.29. The zero-order valence-corrected chi connectivity index (χ0v) is 14.4. The van der Waals surface area contributed by atoms with Gasteiger partial charge in [0.1, 0.15) is 5.82 Å². The number of aromatic nitrogens is 5. The van der Waals surface area contributed by atoms with Gasteiger partial charge in [0.2, 0.25) is 0 Å². The molecule has 0 radical (unpaired) electrons. The van der Waals surface area contributed by atoms with Gasteiger partial charge in [0.15, 0.2) is 5.69 Å². The maximum atomic E-state index is 12.6. The zero-order valence-electron chi connectivity index (χ0n) is 14.4. The summed E-state index contributed by atoms with van der Waals surface area (Å²) in [6, 6.07) is 0.0828. The smallest absolute Gasteiger partial charge is 0.343 e. The molecular weight excluding hydrogens is 308 g/mol. The molecular formula is C16H24N6O2. The van der Waals surface area contributed by atoms with Crippen molar-refractivity contribution >= 4 is 5.91 Å². The molecule has 0 bridgehead atoms. The van der Waals surface area contributed by atoms with Crippen LogP contribution in [0, 0.1) is 12.8 Å². The number of hydrogen-bond donors (Lipinski definition) is 2. The van der Waals surface area contributed by atoms with Gasteiger partial charge in [-0.25, -0.2) is 9.89 Å². The van der Waals surface area contributed by atoms with E-state index < -0.39 is 0 Å². The monoisotopic (exact) mass is 332 g/mol. The Morgan fingerprint density at radius 1 is 1.38 bits per heavy atom. The fourth-order valence-electron chi connectivity index (χ4n) is 3.51. The lowest BCUT2D eigenvalue weighted by Crippen LogP contribution is -2.43. The minimum atomic E-state index is -0.203. The molecule has 1 aliphatic rings. The molecule has 0 saturated heterocycles. The van der Waals surface area contributed by atoms with Crippen LogP contribution in [-0.4, -0.2) is 36.5 Å². The summed E-state index contributed by atoms with van der Waals surface area (Å²) < 4.78 is 3.19. The van der Waals surface area contributed by atoms with Crippen LogP contribution in [0.25, 0.3) is 0 Å². The number of nitrogens with one attached hydrogen (secondary N) is 2. The Morgan fingerprint density at radius 3 is 2.75 bits per heavy atom.